The zero-order chi connectivity index (χ0) is 16.6. The van der Waals surface area contributed by atoms with E-state index in [2.05, 4.69) is 12.2 Å². The first-order chi connectivity index (χ1) is 10.6. The maximum absolute atomic E-state index is 11.3. The SMILES string of the molecule is CCCCCCCCCC(CCCCCNC(C)=O)C(=O)O. The molecule has 4 nitrogen and oxygen atoms in total. The van der Waals surface area contributed by atoms with E-state index in [-0.39, 0.29) is 11.8 Å². The van der Waals surface area contributed by atoms with Gasteiger partial charge < -0.3 is 10.4 Å². The lowest BCUT2D eigenvalue weighted by Crippen LogP contribution is -2.20. The van der Waals surface area contributed by atoms with E-state index in [0.29, 0.717) is 6.54 Å². The van der Waals surface area contributed by atoms with Gasteiger partial charge in [-0.15, -0.1) is 0 Å². The van der Waals surface area contributed by atoms with Gasteiger partial charge in [-0.05, 0) is 19.3 Å². The maximum Gasteiger partial charge on any atom is 0.306 e. The highest BCUT2D eigenvalue weighted by Crippen LogP contribution is 2.18. The van der Waals surface area contributed by atoms with E-state index in [1.165, 1.54) is 39.0 Å². The Morgan fingerprint density at radius 3 is 1.86 bits per heavy atom. The number of aliphatic carboxylic acids is 1. The Balaban J connectivity index is 3.57. The van der Waals surface area contributed by atoms with Crippen molar-refractivity contribution in [3.05, 3.63) is 0 Å². The number of carboxylic acid groups (broad SMARTS) is 1. The molecule has 0 heterocycles. The quantitative estimate of drug-likeness (QED) is 0.437. The molecule has 22 heavy (non-hydrogen) atoms. The van der Waals surface area contributed by atoms with E-state index < -0.39 is 5.97 Å². The van der Waals surface area contributed by atoms with Gasteiger partial charge in [-0.1, -0.05) is 64.7 Å². The van der Waals surface area contributed by atoms with Crippen molar-refractivity contribution in [3.8, 4) is 0 Å². The number of unbranched alkanes of at least 4 members (excludes halogenated alkanes) is 8. The fourth-order valence-electron chi connectivity index (χ4n) is 2.70. The molecule has 0 aromatic heterocycles. The first kappa shape index (κ1) is 20.9. The van der Waals surface area contributed by atoms with Crippen molar-refractivity contribution in [2.45, 2.75) is 90.9 Å². The van der Waals surface area contributed by atoms with Crippen molar-refractivity contribution in [2.75, 3.05) is 6.54 Å². The van der Waals surface area contributed by atoms with Crippen molar-refractivity contribution in [1.82, 2.24) is 5.32 Å². The second-order valence-corrected chi connectivity index (χ2v) is 6.28. The lowest BCUT2D eigenvalue weighted by molar-refractivity contribution is -0.142. The van der Waals surface area contributed by atoms with Gasteiger partial charge in [-0.2, -0.15) is 0 Å². The van der Waals surface area contributed by atoms with E-state index in [9.17, 15) is 14.7 Å². The summed E-state index contributed by atoms with van der Waals surface area (Å²) in [5.74, 6) is -0.827. The van der Waals surface area contributed by atoms with E-state index in [1.807, 2.05) is 0 Å². The smallest absolute Gasteiger partial charge is 0.306 e. The third-order valence-electron chi connectivity index (χ3n) is 4.11. The largest absolute Gasteiger partial charge is 0.481 e. The number of amides is 1. The molecule has 130 valence electrons. The van der Waals surface area contributed by atoms with Gasteiger partial charge in [0.15, 0.2) is 0 Å². The van der Waals surface area contributed by atoms with Crippen LogP contribution in [0.5, 0.6) is 0 Å². The lowest BCUT2D eigenvalue weighted by Gasteiger charge is -2.12. The predicted molar refractivity (Wildman–Crippen MR) is 90.9 cm³/mol. The molecule has 0 spiro atoms. The topological polar surface area (TPSA) is 66.4 Å². The summed E-state index contributed by atoms with van der Waals surface area (Å²) in [6.45, 7) is 4.43. The van der Waals surface area contributed by atoms with Crippen molar-refractivity contribution in [1.29, 1.82) is 0 Å². The Labute approximate surface area is 136 Å². The zero-order valence-electron chi connectivity index (χ0n) is 14.5. The highest BCUT2D eigenvalue weighted by molar-refractivity contribution is 5.72. The number of hydrogen-bond acceptors (Lipinski definition) is 2. The number of carboxylic acids is 1. The molecule has 0 saturated heterocycles. The molecule has 1 atom stereocenters. The maximum atomic E-state index is 11.3. The third-order valence-corrected chi connectivity index (χ3v) is 4.11. The molecule has 0 rings (SSSR count). The van der Waals surface area contributed by atoms with E-state index in [1.54, 1.807) is 0 Å². The molecule has 0 bridgehead atoms. The summed E-state index contributed by atoms with van der Waals surface area (Å²) >= 11 is 0. The van der Waals surface area contributed by atoms with Crippen molar-refractivity contribution in [3.63, 3.8) is 0 Å². The Morgan fingerprint density at radius 2 is 1.36 bits per heavy atom. The van der Waals surface area contributed by atoms with Crippen molar-refractivity contribution in [2.24, 2.45) is 5.92 Å². The molecule has 0 aromatic carbocycles. The Bertz CT molecular complexity index is 292. The summed E-state index contributed by atoms with van der Waals surface area (Å²) in [7, 11) is 0. The average Bonchev–Trinajstić information content (AvgIpc) is 2.46. The highest BCUT2D eigenvalue weighted by Gasteiger charge is 2.16. The Hall–Kier alpha value is -1.06. The van der Waals surface area contributed by atoms with Gasteiger partial charge in [0.05, 0.1) is 5.92 Å². The molecule has 0 radical (unpaired) electrons. The van der Waals surface area contributed by atoms with Crippen LogP contribution in [-0.2, 0) is 9.59 Å². The van der Waals surface area contributed by atoms with Crippen LogP contribution in [0.4, 0.5) is 0 Å². The van der Waals surface area contributed by atoms with Crippen LogP contribution in [-0.4, -0.2) is 23.5 Å². The van der Waals surface area contributed by atoms with E-state index in [0.717, 1.165) is 44.9 Å². The van der Waals surface area contributed by atoms with Gasteiger partial charge in [0.25, 0.3) is 0 Å². The van der Waals surface area contributed by atoms with Gasteiger partial charge in [-0.3, -0.25) is 9.59 Å². The molecule has 0 aliphatic carbocycles. The first-order valence-electron chi connectivity index (χ1n) is 9.05. The Kier molecular flexibility index (Phi) is 14.1. The van der Waals surface area contributed by atoms with Gasteiger partial charge in [0, 0.05) is 13.5 Å². The van der Waals surface area contributed by atoms with Crippen molar-refractivity contribution < 1.29 is 14.7 Å². The number of hydrogen-bond donors (Lipinski definition) is 2. The fraction of sp³-hybridized carbons (Fsp3) is 0.889. The van der Waals surface area contributed by atoms with Gasteiger partial charge in [-0.25, -0.2) is 0 Å². The van der Waals surface area contributed by atoms with Crippen LogP contribution in [0.25, 0.3) is 0 Å². The Morgan fingerprint density at radius 1 is 0.864 bits per heavy atom. The monoisotopic (exact) mass is 313 g/mol. The molecular weight excluding hydrogens is 278 g/mol. The normalized spacial score (nSPS) is 12.1. The van der Waals surface area contributed by atoms with Crippen LogP contribution >= 0.6 is 0 Å². The van der Waals surface area contributed by atoms with Crippen LogP contribution in [0.3, 0.4) is 0 Å². The molecule has 1 amide bonds. The molecule has 4 heteroatoms. The highest BCUT2D eigenvalue weighted by atomic mass is 16.4. The molecule has 0 aliphatic rings. The summed E-state index contributed by atoms with van der Waals surface area (Å²) in [6.07, 6.45) is 13.1. The fourth-order valence-corrected chi connectivity index (χ4v) is 2.70. The summed E-state index contributed by atoms with van der Waals surface area (Å²) in [5, 5.41) is 12.0. The third kappa shape index (κ3) is 13.9. The van der Waals surface area contributed by atoms with Gasteiger partial charge >= 0.3 is 5.97 Å². The summed E-state index contributed by atoms with van der Waals surface area (Å²) in [4.78, 5) is 22.0. The standard InChI is InChI=1S/C18H35NO3/c1-3-4-5-6-7-8-10-13-17(18(21)22)14-11-9-12-15-19-16(2)20/h17H,3-15H2,1-2H3,(H,19,20)(H,21,22). The first-order valence-corrected chi connectivity index (χ1v) is 9.05. The van der Waals surface area contributed by atoms with Crippen LogP contribution in [0, 0.1) is 5.92 Å². The van der Waals surface area contributed by atoms with Crippen LogP contribution in [0.2, 0.25) is 0 Å². The zero-order valence-corrected chi connectivity index (χ0v) is 14.5. The number of nitrogens with one attached hydrogen (secondary N) is 1. The molecule has 0 fully saturated rings. The van der Waals surface area contributed by atoms with Crippen LogP contribution in [0.15, 0.2) is 0 Å². The molecular formula is C18H35NO3. The molecule has 0 aromatic rings. The number of rotatable bonds is 15. The van der Waals surface area contributed by atoms with E-state index in [4.69, 9.17) is 0 Å². The van der Waals surface area contributed by atoms with E-state index >= 15 is 0 Å². The second kappa shape index (κ2) is 14.9. The second-order valence-electron chi connectivity index (χ2n) is 6.28. The summed E-state index contributed by atoms with van der Waals surface area (Å²) < 4.78 is 0. The minimum atomic E-state index is -0.646. The predicted octanol–water partition coefficient (Wildman–Crippen LogP) is 4.52. The van der Waals surface area contributed by atoms with Crippen LogP contribution < -0.4 is 5.32 Å². The number of carbonyl (C=O) groups is 2. The average molecular weight is 313 g/mol. The molecule has 1 unspecified atom stereocenters. The molecule has 2 N–H and O–H groups in total. The lowest BCUT2D eigenvalue weighted by atomic mass is 9.94. The van der Waals surface area contributed by atoms with Crippen molar-refractivity contribution >= 4 is 11.9 Å². The number of carbonyl (C=O) groups excluding carboxylic acids is 1. The minimum Gasteiger partial charge on any atom is -0.481 e. The summed E-state index contributed by atoms with van der Waals surface area (Å²) in [5.41, 5.74) is 0. The molecule has 0 saturated carbocycles. The molecule has 0 aliphatic heterocycles. The van der Waals surface area contributed by atoms with Gasteiger partial charge in [0.2, 0.25) is 5.91 Å². The minimum absolute atomic E-state index is 0.00218. The van der Waals surface area contributed by atoms with Crippen LogP contribution in [0.1, 0.15) is 90.9 Å². The summed E-state index contributed by atoms with van der Waals surface area (Å²) in [6, 6.07) is 0. The van der Waals surface area contributed by atoms with Gasteiger partial charge in [0.1, 0.15) is 0 Å².